The maximum absolute atomic E-state index is 8.78. The Hall–Kier alpha value is -0.0400. The molecule has 0 bridgehead atoms. The topological polar surface area (TPSA) is 20.2 Å². The van der Waals surface area contributed by atoms with Gasteiger partial charge in [-0.3, -0.25) is 0 Å². The van der Waals surface area contributed by atoms with Crippen molar-refractivity contribution < 1.29 is 5.11 Å². The highest BCUT2D eigenvalue weighted by Gasteiger charge is 2.17. The lowest BCUT2D eigenvalue weighted by molar-refractivity contribution is 0.173. The number of hydrogen-bond acceptors (Lipinski definition) is 1. The van der Waals surface area contributed by atoms with Crippen molar-refractivity contribution in [3.8, 4) is 0 Å². The van der Waals surface area contributed by atoms with Crippen LogP contribution < -0.4 is 0 Å². The van der Waals surface area contributed by atoms with Crippen LogP contribution in [0.5, 0.6) is 0 Å². The van der Waals surface area contributed by atoms with E-state index < -0.39 is 0 Å². The van der Waals surface area contributed by atoms with Crippen molar-refractivity contribution >= 4 is 0 Å². The van der Waals surface area contributed by atoms with Crippen molar-refractivity contribution in [1.29, 1.82) is 0 Å². The Labute approximate surface area is 57.1 Å². The van der Waals surface area contributed by atoms with Crippen LogP contribution in [-0.4, -0.2) is 11.7 Å². The van der Waals surface area contributed by atoms with Crippen LogP contribution >= 0.6 is 0 Å². The van der Waals surface area contributed by atoms with Gasteiger partial charge in [0.25, 0.3) is 0 Å². The van der Waals surface area contributed by atoms with Crippen molar-refractivity contribution in [3.05, 3.63) is 6.92 Å². The summed E-state index contributed by atoms with van der Waals surface area (Å²) in [5, 5.41) is 8.78. The van der Waals surface area contributed by atoms with Gasteiger partial charge in [0.1, 0.15) is 0 Å². The molecule has 1 fully saturated rings. The zero-order chi connectivity index (χ0) is 6.69. The van der Waals surface area contributed by atoms with Gasteiger partial charge < -0.3 is 5.11 Å². The van der Waals surface area contributed by atoms with E-state index in [2.05, 4.69) is 6.92 Å². The Morgan fingerprint density at radius 2 is 2.22 bits per heavy atom. The van der Waals surface area contributed by atoms with Gasteiger partial charge in [-0.15, -0.1) is 0 Å². The van der Waals surface area contributed by atoms with E-state index in [-0.39, 0.29) is 0 Å². The minimum absolute atomic E-state index is 0.367. The van der Waals surface area contributed by atoms with Crippen LogP contribution in [0.3, 0.4) is 0 Å². The van der Waals surface area contributed by atoms with E-state index in [1.165, 1.54) is 19.3 Å². The summed E-state index contributed by atoms with van der Waals surface area (Å²) in [5.41, 5.74) is 0. The van der Waals surface area contributed by atoms with Crippen molar-refractivity contribution in [3.63, 3.8) is 0 Å². The van der Waals surface area contributed by atoms with Gasteiger partial charge in [0, 0.05) is 6.61 Å². The molecule has 0 aromatic carbocycles. The molecule has 9 heavy (non-hydrogen) atoms. The fourth-order valence-corrected chi connectivity index (χ4v) is 1.57. The van der Waals surface area contributed by atoms with Gasteiger partial charge >= 0.3 is 0 Å². The quantitative estimate of drug-likeness (QED) is 0.567. The van der Waals surface area contributed by atoms with Crippen LogP contribution in [-0.2, 0) is 0 Å². The second-order valence-corrected chi connectivity index (χ2v) is 3.08. The maximum Gasteiger partial charge on any atom is 0.0459 e. The van der Waals surface area contributed by atoms with Gasteiger partial charge in [0.15, 0.2) is 0 Å². The Morgan fingerprint density at radius 3 is 2.67 bits per heavy atom. The monoisotopic (exact) mass is 127 g/mol. The third-order valence-electron chi connectivity index (χ3n) is 2.15. The fourth-order valence-electron chi connectivity index (χ4n) is 1.57. The summed E-state index contributed by atoms with van der Waals surface area (Å²) in [7, 11) is 0. The second kappa shape index (κ2) is 3.21. The highest BCUT2D eigenvalue weighted by Crippen LogP contribution is 2.27. The number of rotatable bonds is 1. The molecule has 0 aromatic heterocycles. The summed E-state index contributed by atoms with van der Waals surface area (Å²) in [5.74, 6) is 1.16. The first kappa shape index (κ1) is 7.07. The summed E-state index contributed by atoms with van der Waals surface area (Å²) in [6.45, 7) is 4.35. The van der Waals surface area contributed by atoms with Crippen molar-refractivity contribution in [2.75, 3.05) is 6.61 Å². The smallest absolute Gasteiger partial charge is 0.0459 e. The SMILES string of the molecule is [CH2]C1CCCC(CO)C1. The van der Waals surface area contributed by atoms with E-state index in [4.69, 9.17) is 5.11 Å². The summed E-state index contributed by atoms with van der Waals surface area (Å²) in [6, 6.07) is 0. The zero-order valence-electron chi connectivity index (χ0n) is 5.84. The van der Waals surface area contributed by atoms with Gasteiger partial charge in [0.05, 0.1) is 0 Å². The Morgan fingerprint density at radius 1 is 1.44 bits per heavy atom. The van der Waals surface area contributed by atoms with Crippen LogP contribution in [0.2, 0.25) is 0 Å². The molecule has 0 aliphatic heterocycles. The third kappa shape index (κ3) is 1.98. The molecule has 0 saturated heterocycles. The molecule has 0 heterocycles. The first-order valence-electron chi connectivity index (χ1n) is 3.77. The minimum Gasteiger partial charge on any atom is -0.396 e. The summed E-state index contributed by atoms with van der Waals surface area (Å²) in [6.07, 6.45) is 4.87. The predicted molar refractivity (Wildman–Crippen MR) is 37.9 cm³/mol. The third-order valence-corrected chi connectivity index (χ3v) is 2.15. The molecule has 1 nitrogen and oxygen atoms in total. The molecule has 1 radical (unpaired) electrons. The molecule has 1 saturated carbocycles. The van der Waals surface area contributed by atoms with Gasteiger partial charge in [-0.25, -0.2) is 0 Å². The minimum atomic E-state index is 0.367. The summed E-state index contributed by atoms with van der Waals surface area (Å²) < 4.78 is 0. The van der Waals surface area contributed by atoms with Crippen LogP contribution in [0, 0.1) is 18.8 Å². The van der Waals surface area contributed by atoms with Crippen LogP contribution in [0.15, 0.2) is 0 Å². The lowest BCUT2D eigenvalue weighted by atomic mass is 9.83. The predicted octanol–water partition coefficient (Wildman–Crippen LogP) is 1.62. The van der Waals surface area contributed by atoms with Crippen molar-refractivity contribution in [1.82, 2.24) is 0 Å². The van der Waals surface area contributed by atoms with Crippen LogP contribution in [0.25, 0.3) is 0 Å². The van der Waals surface area contributed by atoms with Crippen LogP contribution in [0.1, 0.15) is 25.7 Å². The largest absolute Gasteiger partial charge is 0.396 e. The zero-order valence-corrected chi connectivity index (χ0v) is 5.84. The lowest BCUT2D eigenvalue weighted by Crippen LogP contribution is -2.16. The Bertz CT molecular complexity index is 80.6. The first-order chi connectivity index (χ1) is 4.33. The van der Waals surface area contributed by atoms with Crippen molar-refractivity contribution in [2.45, 2.75) is 25.7 Å². The van der Waals surface area contributed by atoms with E-state index in [1.807, 2.05) is 0 Å². The standard InChI is InChI=1S/C8H15O/c1-7-3-2-4-8(5-7)6-9/h7-9H,1-6H2. The fraction of sp³-hybridized carbons (Fsp3) is 0.875. The maximum atomic E-state index is 8.78. The molecule has 0 aromatic rings. The van der Waals surface area contributed by atoms with E-state index in [1.54, 1.807) is 0 Å². The Balaban J connectivity index is 2.23. The molecular weight excluding hydrogens is 112 g/mol. The molecular formula is C8H15O. The van der Waals surface area contributed by atoms with Crippen LogP contribution in [0.4, 0.5) is 0 Å². The molecule has 2 unspecified atom stereocenters. The highest BCUT2D eigenvalue weighted by molar-refractivity contribution is 4.73. The highest BCUT2D eigenvalue weighted by atomic mass is 16.3. The molecule has 0 spiro atoms. The van der Waals surface area contributed by atoms with E-state index >= 15 is 0 Å². The number of aliphatic hydroxyl groups excluding tert-OH is 1. The molecule has 1 aliphatic rings. The normalized spacial score (nSPS) is 36.7. The molecule has 1 heteroatoms. The van der Waals surface area contributed by atoms with Gasteiger partial charge in [0.2, 0.25) is 0 Å². The van der Waals surface area contributed by atoms with Crippen molar-refractivity contribution in [2.24, 2.45) is 11.8 Å². The van der Waals surface area contributed by atoms with Gasteiger partial charge in [-0.05, 0) is 24.7 Å². The second-order valence-electron chi connectivity index (χ2n) is 3.08. The van der Waals surface area contributed by atoms with E-state index in [0.29, 0.717) is 18.4 Å². The van der Waals surface area contributed by atoms with Gasteiger partial charge in [-0.1, -0.05) is 19.8 Å². The molecule has 1 aliphatic carbocycles. The van der Waals surface area contributed by atoms with E-state index in [0.717, 1.165) is 6.42 Å². The van der Waals surface area contributed by atoms with E-state index in [9.17, 15) is 0 Å². The number of hydrogen-bond donors (Lipinski definition) is 1. The number of aliphatic hydroxyl groups is 1. The molecule has 2 atom stereocenters. The Kier molecular flexibility index (Phi) is 2.52. The first-order valence-corrected chi connectivity index (χ1v) is 3.77. The molecule has 0 amide bonds. The molecule has 53 valence electrons. The summed E-state index contributed by atoms with van der Waals surface area (Å²) >= 11 is 0. The van der Waals surface area contributed by atoms with Gasteiger partial charge in [-0.2, -0.15) is 0 Å². The molecule has 1 rings (SSSR count). The lowest BCUT2D eigenvalue weighted by Gasteiger charge is -2.24. The molecule has 1 N–H and O–H groups in total. The average Bonchev–Trinajstić information content (AvgIpc) is 1.88. The average molecular weight is 127 g/mol. The summed E-state index contributed by atoms with van der Waals surface area (Å²) in [4.78, 5) is 0.